The first-order valence-electron chi connectivity index (χ1n) is 5.63. The summed E-state index contributed by atoms with van der Waals surface area (Å²) in [6.45, 7) is 3.95. The van der Waals surface area contributed by atoms with Gasteiger partial charge in [0, 0.05) is 11.4 Å². The molecule has 6 nitrogen and oxygen atoms in total. The van der Waals surface area contributed by atoms with E-state index in [0.717, 1.165) is 6.42 Å². The number of anilines is 1. The largest absolute Gasteiger partial charge is 0.453 e. The summed E-state index contributed by atoms with van der Waals surface area (Å²) >= 11 is 1.26. The van der Waals surface area contributed by atoms with Gasteiger partial charge in [-0.25, -0.2) is 9.78 Å². The second-order valence-electron chi connectivity index (χ2n) is 3.81. The lowest BCUT2D eigenvalue weighted by Crippen LogP contribution is -2.33. The molecule has 0 saturated heterocycles. The Morgan fingerprint density at radius 3 is 2.89 bits per heavy atom. The number of methoxy groups -OCH3 is 1. The van der Waals surface area contributed by atoms with E-state index in [1.165, 1.54) is 18.4 Å². The van der Waals surface area contributed by atoms with Crippen LogP contribution in [0.5, 0.6) is 0 Å². The molecule has 7 heteroatoms. The summed E-state index contributed by atoms with van der Waals surface area (Å²) in [5, 5.41) is 7.47. The van der Waals surface area contributed by atoms with E-state index >= 15 is 0 Å². The number of carbonyl (C=O) groups is 2. The van der Waals surface area contributed by atoms with E-state index in [-0.39, 0.29) is 18.4 Å². The van der Waals surface area contributed by atoms with Crippen LogP contribution < -0.4 is 10.6 Å². The third-order valence-electron chi connectivity index (χ3n) is 2.31. The molecule has 0 aliphatic carbocycles. The summed E-state index contributed by atoms with van der Waals surface area (Å²) in [6.07, 6.45) is 0.529. The molecule has 0 saturated carbocycles. The van der Waals surface area contributed by atoms with Crippen molar-refractivity contribution in [2.45, 2.75) is 32.7 Å². The first-order valence-corrected chi connectivity index (χ1v) is 6.51. The molecule has 0 aliphatic heterocycles. The summed E-state index contributed by atoms with van der Waals surface area (Å²) in [4.78, 5) is 26.7. The first kappa shape index (κ1) is 14.4. The van der Waals surface area contributed by atoms with E-state index in [2.05, 4.69) is 20.4 Å². The van der Waals surface area contributed by atoms with Crippen LogP contribution in [-0.4, -0.2) is 30.1 Å². The lowest BCUT2D eigenvalue weighted by Gasteiger charge is -2.10. The number of nitrogens with one attached hydrogen (secondary N) is 2. The van der Waals surface area contributed by atoms with Crippen LogP contribution in [0, 0.1) is 0 Å². The Labute approximate surface area is 110 Å². The maximum Gasteiger partial charge on any atom is 0.413 e. The monoisotopic (exact) mass is 271 g/mol. The average molecular weight is 271 g/mol. The van der Waals surface area contributed by atoms with Crippen molar-refractivity contribution in [2.75, 3.05) is 12.4 Å². The zero-order chi connectivity index (χ0) is 13.5. The molecule has 1 atom stereocenters. The lowest BCUT2D eigenvalue weighted by atomic mass is 10.2. The minimum Gasteiger partial charge on any atom is -0.453 e. The average Bonchev–Trinajstić information content (AvgIpc) is 2.75. The fourth-order valence-electron chi connectivity index (χ4n) is 1.18. The Kier molecular flexibility index (Phi) is 5.57. The van der Waals surface area contributed by atoms with Crippen LogP contribution in [0.15, 0.2) is 5.38 Å². The number of hydrogen-bond donors (Lipinski definition) is 2. The Hall–Kier alpha value is -1.63. The van der Waals surface area contributed by atoms with Crippen molar-refractivity contribution in [1.29, 1.82) is 0 Å². The molecule has 0 radical (unpaired) electrons. The van der Waals surface area contributed by atoms with E-state index in [4.69, 9.17) is 0 Å². The molecule has 1 aromatic heterocycles. The number of ether oxygens (including phenoxy) is 1. The van der Waals surface area contributed by atoms with Crippen molar-refractivity contribution in [1.82, 2.24) is 10.3 Å². The van der Waals surface area contributed by atoms with Crippen molar-refractivity contribution in [3.05, 3.63) is 11.1 Å². The van der Waals surface area contributed by atoms with Gasteiger partial charge >= 0.3 is 6.09 Å². The molecule has 1 rings (SSSR count). The third kappa shape index (κ3) is 4.70. The van der Waals surface area contributed by atoms with Crippen LogP contribution in [0.2, 0.25) is 0 Å². The van der Waals surface area contributed by atoms with Crippen molar-refractivity contribution < 1.29 is 14.3 Å². The summed E-state index contributed by atoms with van der Waals surface area (Å²) in [6, 6.07) is 0.156. The van der Waals surface area contributed by atoms with Crippen molar-refractivity contribution in [3.63, 3.8) is 0 Å². The molecular formula is C11H17N3O3S. The molecule has 1 aromatic rings. The SMILES string of the molecule is CC[C@H](C)NC(=O)Cc1csc(NC(=O)OC)n1. The minimum absolute atomic E-state index is 0.0701. The molecule has 0 aromatic carbocycles. The quantitative estimate of drug-likeness (QED) is 0.855. The number of hydrogen-bond acceptors (Lipinski definition) is 5. The van der Waals surface area contributed by atoms with Crippen molar-refractivity contribution in [3.8, 4) is 0 Å². The van der Waals surface area contributed by atoms with Crippen LogP contribution in [0.4, 0.5) is 9.93 Å². The Balaban J connectivity index is 2.48. The van der Waals surface area contributed by atoms with Gasteiger partial charge in [0.05, 0.1) is 19.2 Å². The van der Waals surface area contributed by atoms with Crippen molar-refractivity contribution >= 4 is 28.5 Å². The molecule has 1 heterocycles. The zero-order valence-corrected chi connectivity index (χ0v) is 11.5. The Bertz CT molecular complexity index is 419. The maximum atomic E-state index is 11.6. The highest BCUT2D eigenvalue weighted by atomic mass is 32.1. The summed E-state index contributed by atoms with van der Waals surface area (Å²) in [5.74, 6) is -0.0701. The number of aromatic nitrogens is 1. The van der Waals surface area contributed by atoms with Gasteiger partial charge in [-0.3, -0.25) is 10.1 Å². The van der Waals surface area contributed by atoms with Gasteiger partial charge in [-0.15, -0.1) is 11.3 Å². The standard InChI is InChI=1S/C11H17N3O3S/c1-4-7(2)12-9(15)5-8-6-18-10(13-8)14-11(16)17-3/h6-7H,4-5H2,1-3H3,(H,12,15)(H,13,14,16)/t7-/m0/s1. The van der Waals surface area contributed by atoms with E-state index in [0.29, 0.717) is 10.8 Å². The van der Waals surface area contributed by atoms with E-state index in [1.807, 2.05) is 13.8 Å². The predicted octanol–water partition coefficient (Wildman–Crippen LogP) is 1.78. The normalized spacial score (nSPS) is 11.7. The van der Waals surface area contributed by atoms with Gasteiger partial charge in [0.25, 0.3) is 0 Å². The van der Waals surface area contributed by atoms with E-state index < -0.39 is 6.09 Å². The minimum atomic E-state index is -0.569. The highest BCUT2D eigenvalue weighted by Gasteiger charge is 2.11. The van der Waals surface area contributed by atoms with Gasteiger partial charge in [-0.05, 0) is 13.3 Å². The maximum absolute atomic E-state index is 11.6. The van der Waals surface area contributed by atoms with E-state index in [1.54, 1.807) is 5.38 Å². The Morgan fingerprint density at radius 1 is 1.56 bits per heavy atom. The molecule has 0 fully saturated rings. The van der Waals surface area contributed by atoms with Gasteiger partial charge in [0.1, 0.15) is 0 Å². The lowest BCUT2D eigenvalue weighted by molar-refractivity contribution is -0.121. The highest BCUT2D eigenvalue weighted by Crippen LogP contribution is 2.15. The van der Waals surface area contributed by atoms with Crippen LogP contribution in [0.1, 0.15) is 26.0 Å². The van der Waals surface area contributed by atoms with Crippen LogP contribution in [0.3, 0.4) is 0 Å². The molecule has 0 unspecified atom stereocenters. The molecular weight excluding hydrogens is 254 g/mol. The number of thiazole rings is 1. The van der Waals surface area contributed by atoms with Gasteiger partial charge < -0.3 is 10.1 Å². The fraction of sp³-hybridized carbons (Fsp3) is 0.545. The van der Waals surface area contributed by atoms with Crippen LogP contribution in [0.25, 0.3) is 0 Å². The zero-order valence-electron chi connectivity index (χ0n) is 10.6. The highest BCUT2D eigenvalue weighted by molar-refractivity contribution is 7.13. The molecule has 18 heavy (non-hydrogen) atoms. The molecule has 0 spiro atoms. The first-order chi connectivity index (χ1) is 8.55. The number of rotatable bonds is 5. The molecule has 2 N–H and O–H groups in total. The van der Waals surface area contributed by atoms with Gasteiger partial charge in [0.15, 0.2) is 5.13 Å². The third-order valence-corrected chi connectivity index (χ3v) is 3.11. The number of amides is 2. The van der Waals surface area contributed by atoms with E-state index in [9.17, 15) is 9.59 Å². The van der Waals surface area contributed by atoms with Gasteiger partial charge in [-0.1, -0.05) is 6.92 Å². The number of nitrogens with zero attached hydrogens (tertiary/aromatic N) is 1. The summed E-state index contributed by atoms with van der Waals surface area (Å²) < 4.78 is 4.45. The van der Waals surface area contributed by atoms with Gasteiger partial charge in [-0.2, -0.15) is 0 Å². The van der Waals surface area contributed by atoms with Gasteiger partial charge in [0.2, 0.25) is 5.91 Å². The molecule has 0 aliphatic rings. The van der Waals surface area contributed by atoms with Crippen molar-refractivity contribution in [2.24, 2.45) is 0 Å². The molecule has 2 amide bonds. The van der Waals surface area contributed by atoms with Crippen LogP contribution in [-0.2, 0) is 16.0 Å². The second-order valence-corrected chi connectivity index (χ2v) is 4.67. The smallest absolute Gasteiger partial charge is 0.413 e. The second kappa shape index (κ2) is 6.95. The topological polar surface area (TPSA) is 80.3 Å². The van der Waals surface area contributed by atoms with Crippen LogP contribution >= 0.6 is 11.3 Å². The molecule has 0 bridgehead atoms. The number of carbonyl (C=O) groups excluding carboxylic acids is 2. The summed E-state index contributed by atoms with van der Waals surface area (Å²) in [7, 11) is 1.28. The molecule has 100 valence electrons. The predicted molar refractivity (Wildman–Crippen MR) is 69.7 cm³/mol. The summed E-state index contributed by atoms with van der Waals surface area (Å²) in [5.41, 5.74) is 0.632. The Morgan fingerprint density at radius 2 is 2.28 bits per heavy atom. The fourth-order valence-corrected chi connectivity index (χ4v) is 1.87.